The van der Waals surface area contributed by atoms with Crippen molar-refractivity contribution < 1.29 is 128 Å². The average Bonchev–Trinajstić information content (AvgIpc) is 0.815. The Morgan fingerprint density at radius 3 is 1.89 bits per heavy atom. The summed E-state index contributed by atoms with van der Waals surface area (Å²) >= 11 is 0. The molecule has 2 aliphatic rings. The number of rotatable bonds is 27. The largest absolute Gasteiger partial charge is 0.479 e. The minimum atomic E-state index is -2.63. The third kappa shape index (κ3) is 31.9. The Bertz CT molecular complexity index is 3320. The molecule has 2 aliphatic heterocycles. The van der Waals surface area contributed by atoms with Crippen molar-refractivity contribution in [3.05, 3.63) is 95.7 Å². The van der Waals surface area contributed by atoms with Crippen molar-refractivity contribution >= 4 is 53.4 Å². The number of esters is 3. The fourth-order valence-electron chi connectivity index (χ4n) is 13.8. The molecule has 0 saturated carbocycles. The van der Waals surface area contributed by atoms with E-state index in [1.807, 2.05) is 24.3 Å². The van der Waals surface area contributed by atoms with Crippen LogP contribution in [0, 0.1) is 64.1 Å². The zero-order valence-corrected chi connectivity index (χ0v) is 68.8. The fraction of sp³-hybridized carbons (Fsp3) is 0.699. The van der Waals surface area contributed by atoms with Crippen LogP contribution in [0.15, 0.2) is 95.7 Å². The zero-order chi connectivity index (χ0) is 85.7. The molecular weight excluding hydrogens is 1450 g/mol. The molecule has 2 rings (SSSR count). The van der Waals surface area contributed by atoms with Crippen LogP contribution in [0.5, 0.6) is 0 Å². The van der Waals surface area contributed by atoms with E-state index in [9.17, 15) is 110 Å². The minimum Gasteiger partial charge on any atom is -0.479 e. The Morgan fingerprint density at radius 1 is 0.723 bits per heavy atom. The van der Waals surface area contributed by atoms with Crippen LogP contribution in [0.4, 0.5) is 0 Å². The summed E-state index contributed by atoms with van der Waals surface area (Å²) in [6.45, 7) is 28.0. The number of ether oxygens (including phenoxy) is 4. The Kier molecular flexibility index (Phi) is 43.0. The molecule has 0 spiro atoms. The third-order valence-electron chi connectivity index (χ3n) is 21.7. The van der Waals surface area contributed by atoms with E-state index in [0.29, 0.717) is 42.7 Å². The molecule has 2 bridgehead atoms. The lowest BCUT2D eigenvalue weighted by atomic mass is 9.72. The highest BCUT2D eigenvalue weighted by Crippen LogP contribution is 2.36. The third-order valence-corrected chi connectivity index (χ3v) is 21.7. The van der Waals surface area contributed by atoms with Crippen LogP contribution < -0.4 is 16.0 Å². The van der Waals surface area contributed by atoms with E-state index in [1.165, 1.54) is 79.7 Å². The summed E-state index contributed by atoms with van der Waals surface area (Å²) in [5.41, 5.74) is -1.75. The number of carboxylic acids is 2. The number of aliphatic carboxylic acids is 2. The Labute approximate surface area is 660 Å². The van der Waals surface area contributed by atoms with Gasteiger partial charge in [0.05, 0.1) is 104 Å². The van der Waals surface area contributed by atoms with E-state index < -0.39 is 215 Å². The lowest BCUT2D eigenvalue weighted by molar-refractivity contribution is -0.168. The molecule has 29 nitrogen and oxygen atoms in total. The van der Waals surface area contributed by atoms with Crippen LogP contribution in [0.25, 0.3) is 0 Å². The van der Waals surface area contributed by atoms with Crippen molar-refractivity contribution in [1.29, 1.82) is 0 Å². The van der Waals surface area contributed by atoms with Gasteiger partial charge in [0.1, 0.15) is 18.0 Å². The van der Waals surface area contributed by atoms with Gasteiger partial charge in [0.25, 0.3) is 0 Å². The van der Waals surface area contributed by atoms with Gasteiger partial charge >= 0.3 is 29.8 Å². The molecule has 1 saturated heterocycles. The number of ketones is 1. The number of hydrogen-bond acceptors (Lipinski definition) is 24. The second-order valence-corrected chi connectivity index (χ2v) is 32.6. The van der Waals surface area contributed by atoms with Crippen LogP contribution in [-0.4, -0.2) is 237 Å². The lowest BCUT2D eigenvalue weighted by Gasteiger charge is -2.36. The first-order valence-electron chi connectivity index (χ1n) is 38.9. The number of fused-ring (bicyclic) bond motifs is 2. The first kappa shape index (κ1) is 101. The normalized spacial score (nSPS) is 30.7. The molecule has 112 heavy (non-hydrogen) atoms. The first-order valence-corrected chi connectivity index (χ1v) is 38.9. The van der Waals surface area contributed by atoms with Gasteiger partial charge in [-0.15, -0.1) is 0 Å². The van der Waals surface area contributed by atoms with Crippen LogP contribution in [0.3, 0.4) is 0 Å². The van der Waals surface area contributed by atoms with Crippen molar-refractivity contribution in [2.75, 3.05) is 7.11 Å². The number of amides is 3. The number of carbonyl (C=O) groups is 9. The maximum Gasteiger partial charge on any atom is 0.335 e. The number of cyclic esters (lactones) is 1. The van der Waals surface area contributed by atoms with Crippen LogP contribution in [0.2, 0.25) is 0 Å². The average molecular weight is 1590 g/mol. The highest BCUT2D eigenvalue weighted by atomic mass is 16.6. The predicted molar refractivity (Wildman–Crippen MR) is 417 cm³/mol. The van der Waals surface area contributed by atoms with Crippen LogP contribution >= 0.6 is 0 Å². The molecule has 636 valence electrons. The number of aliphatic hydroxyl groups excluding tert-OH is 11. The second kappa shape index (κ2) is 47.7. The van der Waals surface area contributed by atoms with Crippen molar-refractivity contribution in [2.24, 2.45) is 64.1 Å². The van der Waals surface area contributed by atoms with Gasteiger partial charge in [-0.3, -0.25) is 28.8 Å². The summed E-state index contributed by atoms with van der Waals surface area (Å²) in [4.78, 5) is 119. The number of hydrogen-bond donors (Lipinski definition) is 16. The first-order chi connectivity index (χ1) is 51.9. The molecule has 0 aliphatic carbocycles. The number of aliphatic hydroxyl groups is 11. The van der Waals surface area contributed by atoms with Gasteiger partial charge in [-0.2, -0.15) is 0 Å². The van der Waals surface area contributed by atoms with Crippen LogP contribution in [0.1, 0.15) is 189 Å². The summed E-state index contributed by atoms with van der Waals surface area (Å²) in [5.74, 6) is -17.6. The van der Waals surface area contributed by atoms with E-state index in [0.717, 1.165) is 32.6 Å². The summed E-state index contributed by atoms with van der Waals surface area (Å²) in [7, 11) is 1.16. The smallest absolute Gasteiger partial charge is 0.335 e. The number of Topliss-reactive ketones (excluding diaryl/α,β-unsaturated/α-hetero) is 1. The number of nitrogens with one attached hydrogen (secondary N) is 3. The summed E-state index contributed by atoms with van der Waals surface area (Å²) < 4.78 is 22.7. The van der Waals surface area contributed by atoms with Crippen molar-refractivity contribution in [2.45, 2.75) is 299 Å². The van der Waals surface area contributed by atoms with E-state index in [-0.39, 0.29) is 43.5 Å². The predicted octanol–water partition coefficient (Wildman–Crippen LogP) is 5.26. The molecule has 2 heterocycles. The van der Waals surface area contributed by atoms with Gasteiger partial charge in [-0.1, -0.05) is 136 Å². The fourth-order valence-corrected chi connectivity index (χ4v) is 13.8. The van der Waals surface area contributed by atoms with Gasteiger partial charge in [0.15, 0.2) is 18.2 Å². The van der Waals surface area contributed by atoms with Gasteiger partial charge in [-0.25, -0.2) is 14.4 Å². The molecule has 0 aromatic carbocycles. The highest BCUT2D eigenvalue weighted by Gasteiger charge is 2.46. The molecular formula is C83H133N3O26. The Hall–Kier alpha value is -7.13. The molecule has 3 amide bonds. The van der Waals surface area contributed by atoms with Crippen molar-refractivity contribution in [1.82, 2.24) is 16.0 Å². The lowest BCUT2D eigenvalue weighted by Crippen LogP contribution is -2.58. The standard InChI is InChI=1S/C83H133N3O26/c1-43(2)68(93)66(84-63(91)35-36-82(15,16)75(100)54(13)76(101)83(17,18)81(108)109-19)72(97)50(9)40-48(7)69(94)45(4)31-33-58(87)52(11)77(102)86-65-55(14)110-80(107)67(74(99)79(105)106)85-62(90)30-28-26-24-22-20-21-23-25-27-29-56-37-44(3)38-57(111-56)41-59(88)51(10)71(96)49(8)39-47(6)70(95)46(5)32-34-61(53(12)73(65)98)112-64(92)42-60(89)78(103)104/h21,23-28,30,32,35-36,39-40,43-45,47,50-61,65-74,76,87-89,93-99,101H,20,22,29,31,33-34,37-38,41-42H2,1-19H3,(H,84,91)(H,85,90)(H,86,102)(H,103,104)(H,105,106)/b23-21+,26-24+,27-25+,30-28+,36-35+,46-32+,48-40+,49-39+/t44-,45+,47+,50+,51+,52+,53-,54+,55-,56-,57+,58+,59+,60-,61-,65+,66+,67-,68+,69+,70+,71-,72-,73+,74+,76-/m1/s1. The number of allylic oxidation sites excluding steroid dienone is 7. The van der Waals surface area contributed by atoms with Gasteiger partial charge < -0.3 is 101 Å². The Balaban J connectivity index is 2.66. The highest BCUT2D eigenvalue weighted by molar-refractivity contribution is 5.95. The van der Waals surface area contributed by atoms with E-state index >= 15 is 0 Å². The number of methoxy groups -OCH3 is 1. The topological polar surface area (TPSA) is 490 Å². The molecule has 0 unspecified atom stereocenters. The Morgan fingerprint density at radius 2 is 1.31 bits per heavy atom. The number of carboxylic acid groups (broad SMARTS) is 2. The summed E-state index contributed by atoms with van der Waals surface area (Å²) in [6.07, 6.45) is 1.24. The summed E-state index contributed by atoms with van der Waals surface area (Å²) in [5, 5.41) is 153. The summed E-state index contributed by atoms with van der Waals surface area (Å²) in [6, 6.07) is -5.45. The van der Waals surface area contributed by atoms with E-state index in [4.69, 9.17) is 18.9 Å². The van der Waals surface area contributed by atoms with Gasteiger partial charge in [0, 0.05) is 47.5 Å². The number of carbonyl (C=O) groups excluding carboxylic acids is 7. The monoisotopic (exact) mass is 1590 g/mol. The molecule has 16 N–H and O–H groups in total. The van der Waals surface area contributed by atoms with Crippen LogP contribution in [-0.2, 0) is 62.1 Å². The zero-order valence-electron chi connectivity index (χ0n) is 68.8. The molecule has 29 heteroatoms. The maximum absolute atomic E-state index is 14.6. The van der Waals surface area contributed by atoms with Gasteiger partial charge in [0.2, 0.25) is 17.7 Å². The van der Waals surface area contributed by atoms with Gasteiger partial charge in [-0.05, 0) is 147 Å². The quantitative estimate of drug-likeness (QED) is 0.0216. The van der Waals surface area contributed by atoms with E-state index in [2.05, 4.69) is 22.9 Å². The van der Waals surface area contributed by atoms with Crippen molar-refractivity contribution in [3.63, 3.8) is 0 Å². The van der Waals surface area contributed by atoms with E-state index in [1.54, 1.807) is 73.6 Å². The molecule has 1 fully saturated rings. The maximum atomic E-state index is 14.6. The second-order valence-electron chi connectivity index (χ2n) is 32.6. The molecule has 0 radical (unpaired) electrons. The SMILES string of the molecule is COC(=O)C(C)(C)[C@H](O)[C@@H](C)C(=O)C(C)(C)/C=C/C(=O)N[C@H]([C@H](O)[C@@H](C)/C=C(\C)[C@@H](O)[C@@H](C)CC[C@H](O)[C@H](C)C(=O)N[C@@H]1[C@@H](O)[C@H](C)[C@H](OC(=O)C[C@@H](O)C(=O)O)C/C=C(\C)[C@H](O)[C@@H](C)/C=C(\C)[C@@H](O)[C@@H](C)[C@@H](O)C[C@@H]2C[C@H](C)C[C@@H](C/C=C/C=C/CC/C=C/C=C/C(=O)N[C@H]([C@H](O)C(=O)O)C(=O)O[C@@H]1C)O2)[C@@H](O)C(C)C. The van der Waals surface area contributed by atoms with Crippen molar-refractivity contribution in [3.8, 4) is 0 Å². The molecule has 26 atom stereocenters. The molecule has 0 aromatic rings. The minimum absolute atomic E-state index is 0.0392. The molecule has 0 aromatic heterocycles.